The average molecular weight is 428 g/mol. The quantitative estimate of drug-likeness (QED) is 0.264. The predicted octanol–water partition coefficient (Wildman–Crippen LogP) is 4.05. The smallest absolute Gasteiger partial charge is 0.373 e. The molecule has 0 spiro atoms. The summed E-state index contributed by atoms with van der Waals surface area (Å²) in [5.74, 6) is 0.983. The van der Waals surface area contributed by atoms with Gasteiger partial charge < -0.3 is 9.15 Å². The second-order valence-corrected chi connectivity index (χ2v) is 10.1. The van der Waals surface area contributed by atoms with Crippen molar-refractivity contribution in [2.24, 2.45) is 0 Å². The van der Waals surface area contributed by atoms with E-state index in [0.717, 1.165) is 15.9 Å². The molecule has 0 unspecified atom stereocenters. The lowest BCUT2D eigenvalue weighted by Crippen LogP contribution is -2.28. The summed E-state index contributed by atoms with van der Waals surface area (Å²) in [6.07, 6.45) is 0. The van der Waals surface area contributed by atoms with Crippen LogP contribution in [0.2, 0.25) is 0 Å². The monoisotopic (exact) mass is 428 g/mol. The van der Waals surface area contributed by atoms with Gasteiger partial charge in [0.2, 0.25) is 11.5 Å². The van der Waals surface area contributed by atoms with E-state index in [1.54, 1.807) is 5.80 Å². The first-order valence-electron chi connectivity index (χ1n) is 9.79. The summed E-state index contributed by atoms with van der Waals surface area (Å²) in [5.41, 5.74) is 0. The molecule has 0 radical (unpaired) electrons. The summed E-state index contributed by atoms with van der Waals surface area (Å²) in [4.78, 5) is 25.2. The minimum absolute atomic E-state index is 0.00215. The lowest BCUT2D eigenvalue weighted by Gasteiger charge is -2.28. The fourth-order valence-electron chi connectivity index (χ4n) is 3.58. The van der Waals surface area contributed by atoms with Crippen LogP contribution in [0.3, 0.4) is 0 Å². The predicted molar refractivity (Wildman–Crippen MR) is 126 cm³/mol. The Bertz CT molecular complexity index is 1140. The van der Waals surface area contributed by atoms with E-state index in [-0.39, 0.29) is 17.3 Å². The number of rotatable bonds is 6. The number of hydrogen-bond acceptors (Lipinski definition) is 4. The van der Waals surface area contributed by atoms with Gasteiger partial charge in [0.1, 0.15) is 0 Å². The number of esters is 1. The number of furan rings is 1. The second-order valence-electron chi connectivity index (χ2n) is 6.88. The van der Waals surface area contributed by atoms with E-state index in [0.29, 0.717) is 0 Å². The van der Waals surface area contributed by atoms with E-state index < -0.39 is 12.9 Å². The lowest BCUT2D eigenvalue weighted by molar-refractivity contribution is 0.0563. The topological polar surface area (TPSA) is 56.5 Å². The molecule has 0 amide bonds. The Morgan fingerprint density at radius 1 is 0.677 bits per heavy atom. The Morgan fingerprint density at radius 3 is 1.52 bits per heavy atom. The first-order valence-corrected chi connectivity index (χ1v) is 11.6. The molecule has 0 saturated carbocycles. The maximum atomic E-state index is 13.4. The van der Waals surface area contributed by atoms with Crippen LogP contribution in [0.5, 0.6) is 0 Å². The number of benzene rings is 3. The highest BCUT2D eigenvalue weighted by Crippen LogP contribution is 2.43. The van der Waals surface area contributed by atoms with Gasteiger partial charge in [-0.1, -0.05) is 91.0 Å². The van der Waals surface area contributed by atoms with Crippen molar-refractivity contribution in [1.29, 1.82) is 0 Å². The Balaban J connectivity index is 1.99. The van der Waals surface area contributed by atoms with Crippen molar-refractivity contribution < 1.29 is 18.7 Å². The van der Waals surface area contributed by atoms with Gasteiger partial charge in [0.25, 0.3) is 0 Å². The van der Waals surface area contributed by atoms with Crippen molar-refractivity contribution in [2.75, 3.05) is 7.11 Å². The van der Waals surface area contributed by atoms with Gasteiger partial charge in [0.15, 0.2) is 5.76 Å². The van der Waals surface area contributed by atoms with Gasteiger partial charge in [0, 0.05) is 0 Å². The van der Waals surface area contributed by atoms with E-state index >= 15 is 0 Å². The van der Waals surface area contributed by atoms with E-state index in [9.17, 15) is 9.59 Å². The lowest BCUT2D eigenvalue weighted by atomic mass is 10.3. The van der Waals surface area contributed by atoms with Crippen LogP contribution in [-0.4, -0.2) is 24.7 Å². The van der Waals surface area contributed by atoms with Crippen LogP contribution < -0.4 is 15.9 Å². The highest BCUT2D eigenvalue weighted by molar-refractivity contribution is 7.95. The second kappa shape index (κ2) is 9.03. The minimum atomic E-state index is -2.45. The van der Waals surface area contributed by atoms with Crippen molar-refractivity contribution >= 4 is 40.3 Å². The Labute approximate surface area is 181 Å². The first-order chi connectivity index (χ1) is 15.1. The molecule has 3 aromatic carbocycles. The van der Waals surface area contributed by atoms with E-state index in [4.69, 9.17) is 9.15 Å². The third-order valence-electron chi connectivity index (χ3n) is 5.04. The van der Waals surface area contributed by atoms with Crippen LogP contribution >= 0.6 is 6.89 Å². The third-order valence-corrected chi connectivity index (χ3v) is 9.00. The van der Waals surface area contributed by atoms with Gasteiger partial charge in [-0.05, 0) is 40.7 Å². The number of carbonyl (C=O) groups is 2. The van der Waals surface area contributed by atoms with Crippen LogP contribution in [0.4, 0.5) is 0 Å². The third kappa shape index (κ3) is 4.03. The van der Waals surface area contributed by atoms with Crippen LogP contribution in [0.15, 0.2) is 108 Å². The summed E-state index contributed by atoms with van der Waals surface area (Å²) in [6.45, 7) is -2.45. The molecule has 0 bridgehead atoms. The molecule has 4 aromatic rings. The molecule has 0 atom stereocenters. The molecule has 0 aliphatic heterocycles. The zero-order valence-corrected chi connectivity index (χ0v) is 17.9. The molecule has 31 heavy (non-hydrogen) atoms. The van der Waals surface area contributed by atoms with Crippen LogP contribution in [-0.2, 0) is 4.74 Å². The molecular formula is C26H21O4P. The van der Waals surface area contributed by atoms with Gasteiger partial charge in [0.05, 0.1) is 7.11 Å². The van der Waals surface area contributed by atoms with Crippen LogP contribution in [0, 0.1) is 0 Å². The summed E-state index contributed by atoms with van der Waals surface area (Å²) < 4.78 is 10.2. The summed E-state index contributed by atoms with van der Waals surface area (Å²) in [5, 5.41) is 3.17. The molecule has 1 aromatic heterocycles. The highest BCUT2D eigenvalue weighted by atomic mass is 31.2. The molecular weight excluding hydrogens is 407 g/mol. The van der Waals surface area contributed by atoms with Crippen molar-refractivity contribution in [2.45, 2.75) is 0 Å². The average Bonchev–Trinajstić information content (AvgIpc) is 3.34. The maximum absolute atomic E-state index is 13.4. The Kier molecular flexibility index (Phi) is 6.01. The molecule has 5 heteroatoms. The van der Waals surface area contributed by atoms with Gasteiger partial charge >= 0.3 is 5.97 Å². The molecule has 0 fully saturated rings. The summed E-state index contributed by atoms with van der Waals surface area (Å²) in [6, 6.07) is 33.1. The number of Topliss-reactive ketones (excluding diaryl/α,β-unsaturated/α-hetero) is 1. The van der Waals surface area contributed by atoms with Gasteiger partial charge in [-0.2, -0.15) is 0 Å². The maximum Gasteiger partial charge on any atom is 0.373 e. The van der Waals surface area contributed by atoms with Crippen molar-refractivity contribution in [3.63, 3.8) is 0 Å². The number of methoxy groups -OCH3 is 1. The van der Waals surface area contributed by atoms with E-state index in [1.807, 2.05) is 54.6 Å². The molecule has 0 aliphatic carbocycles. The van der Waals surface area contributed by atoms with Crippen molar-refractivity contribution in [3.8, 4) is 0 Å². The first kappa shape index (κ1) is 20.6. The number of carbonyl (C=O) groups excluding carboxylic acids is 2. The fourth-order valence-corrected chi connectivity index (χ4v) is 7.33. The largest absolute Gasteiger partial charge is 0.463 e. The van der Waals surface area contributed by atoms with Crippen molar-refractivity contribution in [3.05, 3.63) is 115 Å². The highest BCUT2D eigenvalue weighted by Gasteiger charge is 2.27. The molecule has 0 aliphatic rings. The Hall–Kier alpha value is -3.62. The van der Waals surface area contributed by atoms with Gasteiger partial charge in [-0.25, -0.2) is 4.79 Å². The van der Waals surface area contributed by atoms with Gasteiger partial charge in [-0.15, -0.1) is 0 Å². The number of hydrogen-bond donors (Lipinski definition) is 0. The number of ketones is 1. The minimum Gasteiger partial charge on any atom is -0.463 e. The Morgan fingerprint density at radius 2 is 1.10 bits per heavy atom. The molecule has 0 saturated heterocycles. The molecule has 4 nitrogen and oxygen atoms in total. The fraction of sp³-hybridized carbons (Fsp3) is 0.0385. The standard InChI is InChI=1S/C26H21O4P/c1-29-26(28)25-18-17-24(30-25)23(27)19-31(20-11-5-2-6-12-20,21-13-7-3-8-14-21)22-15-9-4-10-16-22/h2-19H,1H3. The van der Waals surface area contributed by atoms with Crippen LogP contribution in [0.1, 0.15) is 21.1 Å². The van der Waals surface area contributed by atoms with Gasteiger partial charge in [-0.3, -0.25) is 4.79 Å². The molecule has 4 rings (SSSR count). The zero-order valence-electron chi connectivity index (χ0n) is 17.0. The van der Waals surface area contributed by atoms with E-state index in [1.165, 1.54) is 19.2 Å². The SMILES string of the molecule is COC(=O)c1ccc(C(=O)C=P(c2ccccc2)(c2ccccc2)c2ccccc2)o1. The normalized spacial score (nSPS) is 11.0. The zero-order chi connectivity index (χ0) is 21.7. The molecule has 154 valence electrons. The number of ether oxygens (including phenoxy) is 1. The van der Waals surface area contributed by atoms with Crippen LogP contribution in [0.25, 0.3) is 0 Å². The van der Waals surface area contributed by atoms with E-state index in [2.05, 4.69) is 36.4 Å². The molecule has 0 N–H and O–H groups in total. The van der Waals surface area contributed by atoms with Crippen molar-refractivity contribution in [1.82, 2.24) is 0 Å². The summed E-state index contributed by atoms with van der Waals surface area (Å²) in [7, 11) is 1.27. The molecule has 1 heterocycles. The summed E-state index contributed by atoms with van der Waals surface area (Å²) >= 11 is 0.